The summed E-state index contributed by atoms with van der Waals surface area (Å²) < 4.78 is 25.2. The van der Waals surface area contributed by atoms with E-state index in [1.807, 2.05) is 17.5 Å². The standard InChI is InChI=1S/C11H15NO4S2/c13-11(14)8-12(18(15,16)10-3-4-10)6-5-9-2-1-7-17-9/h1-2,7,10H,3-6,8H2,(H,13,14). The summed E-state index contributed by atoms with van der Waals surface area (Å²) in [5, 5.41) is 10.4. The van der Waals surface area contributed by atoms with E-state index in [9.17, 15) is 13.2 Å². The summed E-state index contributed by atoms with van der Waals surface area (Å²) in [6.45, 7) is -0.199. The van der Waals surface area contributed by atoms with Gasteiger partial charge in [-0.2, -0.15) is 4.31 Å². The van der Waals surface area contributed by atoms with Crippen LogP contribution in [0.2, 0.25) is 0 Å². The van der Waals surface area contributed by atoms with Crippen LogP contribution in [0.4, 0.5) is 0 Å². The maximum Gasteiger partial charge on any atom is 0.318 e. The number of sulfonamides is 1. The van der Waals surface area contributed by atoms with Crippen LogP contribution in [0, 0.1) is 0 Å². The van der Waals surface area contributed by atoms with Crippen LogP contribution < -0.4 is 0 Å². The van der Waals surface area contributed by atoms with E-state index < -0.39 is 22.5 Å². The van der Waals surface area contributed by atoms with E-state index in [4.69, 9.17) is 5.11 Å². The maximum absolute atomic E-state index is 12.1. The molecule has 0 aromatic carbocycles. The molecule has 0 amide bonds. The fraction of sp³-hybridized carbons (Fsp3) is 0.545. The van der Waals surface area contributed by atoms with Crippen molar-refractivity contribution in [3.8, 4) is 0 Å². The zero-order valence-electron chi connectivity index (χ0n) is 9.78. The molecule has 1 N–H and O–H groups in total. The van der Waals surface area contributed by atoms with Crippen LogP contribution in [0.1, 0.15) is 17.7 Å². The number of aliphatic carboxylic acids is 1. The number of nitrogens with zero attached hydrogens (tertiary/aromatic N) is 1. The summed E-state index contributed by atoms with van der Waals surface area (Å²) >= 11 is 1.55. The predicted octanol–water partition coefficient (Wildman–Crippen LogP) is 1.17. The molecule has 1 aromatic rings. The lowest BCUT2D eigenvalue weighted by molar-refractivity contribution is -0.137. The van der Waals surface area contributed by atoms with Crippen molar-refractivity contribution < 1.29 is 18.3 Å². The average molecular weight is 289 g/mol. The van der Waals surface area contributed by atoms with Gasteiger partial charge in [-0.05, 0) is 30.7 Å². The van der Waals surface area contributed by atoms with Gasteiger partial charge in [0.1, 0.15) is 6.54 Å². The van der Waals surface area contributed by atoms with Crippen LogP contribution in [0.3, 0.4) is 0 Å². The smallest absolute Gasteiger partial charge is 0.318 e. The Bertz CT molecular complexity index is 505. The Labute approximate surface area is 110 Å². The van der Waals surface area contributed by atoms with Crippen molar-refractivity contribution in [2.45, 2.75) is 24.5 Å². The third kappa shape index (κ3) is 3.30. The summed E-state index contributed by atoms with van der Waals surface area (Å²) in [7, 11) is -3.42. The van der Waals surface area contributed by atoms with E-state index in [-0.39, 0.29) is 11.8 Å². The minimum absolute atomic E-state index is 0.242. The zero-order chi connectivity index (χ0) is 13.2. The highest BCUT2D eigenvalue weighted by Crippen LogP contribution is 2.31. The zero-order valence-corrected chi connectivity index (χ0v) is 11.4. The summed E-state index contributed by atoms with van der Waals surface area (Å²) in [6.07, 6.45) is 1.87. The molecule has 0 aliphatic heterocycles. The third-order valence-corrected chi connectivity index (χ3v) is 6.09. The topological polar surface area (TPSA) is 74.7 Å². The Morgan fingerprint density at radius 3 is 2.72 bits per heavy atom. The molecule has 0 unspecified atom stereocenters. The van der Waals surface area contributed by atoms with Gasteiger partial charge in [-0.1, -0.05) is 6.07 Å². The van der Waals surface area contributed by atoms with Gasteiger partial charge in [-0.15, -0.1) is 11.3 Å². The first-order chi connectivity index (χ1) is 8.50. The monoisotopic (exact) mass is 289 g/mol. The number of carboxylic acid groups (broad SMARTS) is 1. The summed E-state index contributed by atoms with van der Waals surface area (Å²) in [4.78, 5) is 11.8. The summed E-state index contributed by atoms with van der Waals surface area (Å²) in [5.74, 6) is -1.11. The van der Waals surface area contributed by atoms with Gasteiger partial charge in [0.2, 0.25) is 10.0 Å². The fourth-order valence-corrected chi connectivity index (χ4v) is 4.20. The lowest BCUT2D eigenvalue weighted by Crippen LogP contribution is -2.39. The van der Waals surface area contributed by atoms with Crippen molar-refractivity contribution in [2.75, 3.05) is 13.1 Å². The van der Waals surface area contributed by atoms with Crippen LogP contribution in [0.25, 0.3) is 0 Å². The number of hydrogen-bond acceptors (Lipinski definition) is 4. The molecule has 1 heterocycles. The van der Waals surface area contributed by atoms with Gasteiger partial charge in [-0.25, -0.2) is 8.42 Å². The molecule has 0 bridgehead atoms. The number of carbonyl (C=O) groups is 1. The first kappa shape index (κ1) is 13.5. The third-order valence-electron chi connectivity index (χ3n) is 2.80. The Morgan fingerprint density at radius 1 is 1.50 bits per heavy atom. The second-order valence-electron chi connectivity index (χ2n) is 4.30. The highest BCUT2D eigenvalue weighted by atomic mass is 32.2. The van der Waals surface area contributed by atoms with E-state index in [1.54, 1.807) is 11.3 Å². The molecule has 0 atom stereocenters. The van der Waals surface area contributed by atoms with Gasteiger partial charge < -0.3 is 5.11 Å². The molecule has 2 rings (SSSR count). The normalized spacial score (nSPS) is 16.1. The van der Waals surface area contributed by atoms with E-state index in [0.29, 0.717) is 19.3 Å². The van der Waals surface area contributed by atoms with Gasteiger partial charge >= 0.3 is 5.97 Å². The van der Waals surface area contributed by atoms with Gasteiger partial charge in [-0.3, -0.25) is 4.79 Å². The first-order valence-corrected chi connectivity index (χ1v) is 8.11. The molecule has 0 spiro atoms. The van der Waals surface area contributed by atoms with E-state index in [0.717, 1.165) is 9.18 Å². The molecule has 1 aliphatic rings. The fourth-order valence-electron chi connectivity index (χ4n) is 1.71. The molecule has 0 saturated heterocycles. The Hall–Kier alpha value is -0.920. The van der Waals surface area contributed by atoms with E-state index >= 15 is 0 Å². The molecule has 5 nitrogen and oxygen atoms in total. The minimum Gasteiger partial charge on any atom is -0.480 e. The first-order valence-electron chi connectivity index (χ1n) is 5.73. The molecule has 1 saturated carbocycles. The van der Waals surface area contributed by atoms with E-state index in [2.05, 4.69) is 0 Å². The maximum atomic E-state index is 12.1. The van der Waals surface area contributed by atoms with Crippen LogP contribution in [-0.2, 0) is 21.2 Å². The van der Waals surface area contributed by atoms with Crippen molar-refractivity contribution in [3.05, 3.63) is 22.4 Å². The van der Waals surface area contributed by atoms with E-state index in [1.165, 1.54) is 0 Å². The number of hydrogen-bond donors (Lipinski definition) is 1. The molecule has 1 fully saturated rings. The molecule has 7 heteroatoms. The van der Waals surface area contributed by atoms with Crippen LogP contribution in [0.5, 0.6) is 0 Å². The molecule has 1 aromatic heterocycles. The lowest BCUT2D eigenvalue weighted by atomic mass is 10.3. The number of rotatable bonds is 7. The Balaban J connectivity index is 2.03. The average Bonchev–Trinajstić information content (AvgIpc) is 3.03. The number of thiophene rings is 1. The molecular weight excluding hydrogens is 274 g/mol. The Morgan fingerprint density at radius 2 is 2.22 bits per heavy atom. The SMILES string of the molecule is O=C(O)CN(CCc1cccs1)S(=O)(=O)C1CC1. The van der Waals surface area contributed by atoms with Crippen molar-refractivity contribution in [2.24, 2.45) is 0 Å². The second kappa shape index (κ2) is 5.38. The van der Waals surface area contributed by atoms with Crippen LogP contribution in [0.15, 0.2) is 17.5 Å². The molecule has 1 aliphatic carbocycles. The van der Waals surface area contributed by atoms with Crippen molar-refractivity contribution >= 4 is 27.3 Å². The number of carboxylic acids is 1. The van der Waals surface area contributed by atoms with Crippen LogP contribution >= 0.6 is 11.3 Å². The molecule has 0 radical (unpaired) electrons. The minimum atomic E-state index is -3.42. The molecule has 100 valence electrons. The highest BCUT2D eigenvalue weighted by Gasteiger charge is 2.40. The van der Waals surface area contributed by atoms with Crippen molar-refractivity contribution in [1.29, 1.82) is 0 Å². The molecular formula is C11H15NO4S2. The lowest BCUT2D eigenvalue weighted by Gasteiger charge is -2.19. The van der Waals surface area contributed by atoms with Gasteiger partial charge in [0.25, 0.3) is 0 Å². The van der Waals surface area contributed by atoms with Gasteiger partial charge in [0.05, 0.1) is 5.25 Å². The largest absolute Gasteiger partial charge is 0.480 e. The quantitative estimate of drug-likeness (QED) is 0.817. The van der Waals surface area contributed by atoms with Crippen molar-refractivity contribution in [3.63, 3.8) is 0 Å². The van der Waals surface area contributed by atoms with Crippen molar-refractivity contribution in [1.82, 2.24) is 4.31 Å². The Kier molecular flexibility index (Phi) is 4.04. The van der Waals surface area contributed by atoms with Crippen LogP contribution in [-0.4, -0.2) is 42.1 Å². The summed E-state index contributed by atoms with van der Waals surface area (Å²) in [5.41, 5.74) is 0. The molecule has 18 heavy (non-hydrogen) atoms. The second-order valence-corrected chi connectivity index (χ2v) is 7.55. The van der Waals surface area contributed by atoms with Gasteiger partial charge in [0.15, 0.2) is 0 Å². The van der Waals surface area contributed by atoms with Gasteiger partial charge in [0, 0.05) is 11.4 Å². The summed E-state index contributed by atoms with van der Waals surface area (Å²) in [6, 6.07) is 3.82. The predicted molar refractivity (Wildman–Crippen MR) is 69.2 cm³/mol. The highest BCUT2D eigenvalue weighted by molar-refractivity contribution is 7.90.